The standard InChI is InChI=1S/C13H25NO4/c1-10(15)14-7-13(4,5)9-18-8-12(2,3)6-11(16)17/h6-9H2,1-5H3,(H,14,15)(H,16,17). The molecule has 0 aliphatic rings. The molecule has 0 aromatic rings. The van der Waals surface area contributed by atoms with Crippen LogP contribution in [0, 0.1) is 10.8 Å². The lowest BCUT2D eigenvalue weighted by atomic mass is 9.90. The highest BCUT2D eigenvalue weighted by Gasteiger charge is 2.24. The first-order valence-corrected chi connectivity index (χ1v) is 6.08. The number of carbonyl (C=O) groups excluding carboxylic acids is 1. The van der Waals surface area contributed by atoms with E-state index < -0.39 is 5.97 Å². The van der Waals surface area contributed by atoms with E-state index in [4.69, 9.17) is 9.84 Å². The number of nitrogens with one attached hydrogen (secondary N) is 1. The van der Waals surface area contributed by atoms with Crippen LogP contribution in [0.25, 0.3) is 0 Å². The Morgan fingerprint density at radius 2 is 1.61 bits per heavy atom. The smallest absolute Gasteiger partial charge is 0.303 e. The van der Waals surface area contributed by atoms with Crippen LogP contribution in [0.1, 0.15) is 41.0 Å². The minimum Gasteiger partial charge on any atom is -0.481 e. The average Bonchev–Trinajstić information content (AvgIpc) is 2.12. The van der Waals surface area contributed by atoms with Crippen molar-refractivity contribution >= 4 is 11.9 Å². The van der Waals surface area contributed by atoms with Crippen molar-refractivity contribution < 1.29 is 19.4 Å². The zero-order valence-corrected chi connectivity index (χ0v) is 12.0. The molecule has 0 fully saturated rings. The number of rotatable bonds is 8. The molecule has 0 saturated carbocycles. The Hall–Kier alpha value is -1.10. The van der Waals surface area contributed by atoms with Gasteiger partial charge in [-0.1, -0.05) is 27.7 Å². The average molecular weight is 259 g/mol. The van der Waals surface area contributed by atoms with Crippen molar-refractivity contribution in [1.82, 2.24) is 5.32 Å². The summed E-state index contributed by atoms with van der Waals surface area (Å²) in [5.74, 6) is -0.879. The van der Waals surface area contributed by atoms with Crippen LogP contribution in [-0.4, -0.2) is 36.7 Å². The Balaban J connectivity index is 4.01. The lowest BCUT2D eigenvalue weighted by Crippen LogP contribution is -2.36. The van der Waals surface area contributed by atoms with Gasteiger partial charge in [0.1, 0.15) is 0 Å². The number of aliphatic carboxylic acids is 1. The van der Waals surface area contributed by atoms with Gasteiger partial charge < -0.3 is 15.2 Å². The fraction of sp³-hybridized carbons (Fsp3) is 0.846. The number of carboxylic acids is 1. The summed E-state index contributed by atoms with van der Waals surface area (Å²) in [6.45, 7) is 10.6. The Labute approximate surface area is 109 Å². The van der Waals surface area contributed by atoms with Gasteiger partial charge in [0.15, 0.2) is 0 Å². The number of carboxylic acid groups (broad SMARTS) is 1. The molecule has 0 aliphatic heterocycles. The molecule has 0 bridgehead atoms. The summed E-state index contributed by atoms with van der Waals surface area (Å²) in [4.78, 5) is 21.5. The van der Waals surface area contributed by atoms with Crippen molar-refractivity contribution in [3.8, 4) is 0 Å². The van der Waals surface area contributed by atoms with E-state index in [1.807, 2.05) is 27.7 Å². The highest BCUT2D eigenvalue weighted by molar-refractivity contribution is 5.72. The summed E-state index contributed by atoms with van der Waals surface area (Å²) in [6, 6.07) is 0. The van der Waals surface area contributed by atoms with Crippen molar-refractivity contribution in [2.45, 2.75) is 41.0 Å². The molecule has 0 saturated heterocycles. The van der Waals surface area contributed by atoms with Crippen LogP contribution in [0.5, 0.6) is 0 Å². The molecule has 18 heavy (non-hydrogen) atoms. The van der Waals surface area contributed by atoms with Crippen molar-refractivity contribution in [2.75, 3.05) is 19.8 Å². The third kappa shape index (κ3) is 8.98. The first-order chi connectivity index (χ1) is 8.04. The second-order valence-electron chi connectivity index (χ2n) is 6.30. The SMILES string of the molecule is CC(=O)NCC(C)(C)COCC(C)(C)CC(=O)O. The van der Waals surface area contributed by atoms with Crippen molar-refractivity contribution in [3.05, 3.63) is 0 Å². The van der Waals surface area contributed by atoms with Gasteiger partial charge in [-0.25, -0.2) is 0 Å². The van der Waals surface area contributed by atoms with Gasteiger partial charge in [0.2, 0.25) is 5.91 Å². The van der Waals surface area contributed by atoms with Crippen molar-refractivity contribution in [2.24, 2.45) is 10.8 Å². The molecule has 2 N–H and O–H groups in total. The van der Waals surface area contributed by atoms with Crippen LogP contribution < -0.4 is 5.32 Å². The maximum absolute atomic E-state index is 10.8. The summed E-state index contributed by atoms with van der Waals surface area (Å²) in [5.41, 5.74) is -0.541. The van der Waals surface area contributed by atoms with Crippen LogP contribution in [0.3, 0.4) is 0 Å². The lowest BCUT2D eigenvalue weighted by molar-refractivity contribution is -0.140. The number of ether oxygens (including phenoxy) is 1. The van der Waals surface area contributed by atoms with E-state index in [0.717, 1.165) is 0 Å². The third-order valence-corrected chi connectivity index (χ3v) is 2.43. The Bertz CT molecular complexity index is 297. The second kappa shape index (κ2) is 6.73. The molecule has 5 nitrogen and oxygen atoms in total. The summed E-state index contributed by atoms with van der Waals surface area (Å²) in [6.07, 6.45) is 0.0825. The predicted octanol–water partition coefficient (Wildman–Crippen LogP) is 1.67. The van der Waals surface area contributed by atoms with E-state index >= 15 is 0 Å². The molecule has 106 valence electrons. The van der Waals surface area contributed by atoms with Gasteiger partial charge in [-0.05, 0) is 5.41 Å². The molecule has 0 atom stereocenters. The zero-order chi connectivity index (χ0) is 14.4. The summed E-state index contributed by atoms with van der Waals surface area (Å²) >= 11 is 0. The molecule has 0 rings (SSSR count). The highest BCUT2D eigenvalue weighted by Crippen LogP contribution is 2.22. The molecular weight excluding hydrogens is 234 g/mol. The second-order valence-corrected chi connectivity index (χ2v) is 6.30. The molecule has 0 spiro atoms. The van der Waals surface area contributed by atoms with Gasteiger partial charge in [0.05, 0.1) is 19.6 Å². The maximum Gasteiger partial charge on any atom is 0.303 e. The van der Waals surface area contributed by atoms with Crippen LogP contribution in [0.4, 0.5) is 0 Å². The molecule has 1 amide bonds. The third-order valence-electron chi connectivity index (χ3n) is 2.43. The lowest BCUT2D eigenvalue weighted by Gasteiger charge is -2.28. The van der Waals surface area contributed by atoms with E-state index in [2.05, 4.69) is 5.32 Å². The quantitative estimate of drug-likeness (QED) is 0.695. The van der Waals surface area contributed by atoms with Gasteiger partial charge in [0.25, 0.3) is 0 Å². The fourth-order valence-electron chi connectivity index (χ4n) is 1.48. The van der Waals surface area contributed by atoms with Crippen molar-refractivity contribution in [3.63, 3.8) is 0 Å². The zero-order valence-electron chi connectivity index (χ0n) is 12.0. The Morgan fingerprint density at radius 1 is 1.11 bits per heavy atom. The van der Waals surface area contributed by atoms with E-state index in [1.165, 1.54) is 6.92 Å². The topological polar surface area (TPSA) is 75.6 Å². The van der Waals surface area contributed by atoms with Gasteiger partial charge in [-0.15, -0.1) is 0 Å². The Kier molecular flexibility index (Phi) is 6.32. The number of hydrogen-bond acceptors (Lipinski definition) is 3. The van der Waals surface area contributed by atoms with Gasteiger partial charge in [-0.2, -0.15) is 0 Å². The van der Waals surface area contributed by atoms with E-state index in [1.54, 1.807) is 0 Å². The van der Waals surface area contributed by atoms with Gasteiger partial charge >= 0.3 is 5.97 Å². The maximum atomic E-state index is 10.8. The van der Waals surface area contributed by atoms with Crippen LogP contribution in [0.15, 0.2) is 0 Å². The molecule has 0 radical (unpaired) electrons. The molecule has 5 heteroatoms. The number of hydrogen-bond donors (Lipinski definition) is 2. The van der Waals surface area contributed by atoms with Gasteiger partial charge in [-0.3, -0.25) is 9.59 Å². The normalized spacial score (nSPS) is 12.3. The minimum absolute atomic E-state index is 0.0608. The fourth-order valence-corrected chi connectivity index (χ4v) is 1.48. The number of amides is 1. The van der Waals surface area contributed by atoms with Crippen LogP contribution in [-0.2, 0) is 14.3 Å². The highest BCUT2D eigenvalue weighted by atomic mass is 16.5. The number of carbonyl (C=O) groups is 2. The van der Waals surface area contributed by atoms with Gasteiger partial charge in [0, 0.05) is 18.9 Å². The first-order valence-electron chi connectivity index (χ1n) is 6.08. The van der Waals surface area contributed by atoms with Crippen LogP contribution in [0.2, 0.25) is 0 Å². The molecule has 0 heterocycles. The van der Waals surface area contributed by atoms with E-state index in [-0.39, 0.29) is 23.2 Å². The molecule has 0 aromatic carbocycles. The van der Waals surface area contributed by atoms with Crippen LogP contribution >= 0.6 is 0 Å². The minimum atomic E-state index is -0.818. The van der Waals surface area contributed by atoms with E-state index in [9.17, 15) is 9.59 Å². The van der Waals surface area contributed by atoms with Crippen molar-refractivity contribution in [1.29, 1.82) is 0 Å². The van der Waals surface area contributed by atoms with E-state index in [0.29, 0.717) is 19.8 Å². The first kappa shape index (κ1) is 16.9. The summed E-state index contributed by atoms with van der Waals surface area (Å²) in [7, 11) is 0. The largest absolute Gasteiger partial charge is 0.481 e. The molecular formula is C13H25NO4. The summed E-state index contributed by atoms with van der Waals surface area (Å²) in [5, 5.41) is 11.5. The summed E-state index contributed by atoms with van der Waals surface area (Å²) < 4.78 is 5.58. The molecule has 0 aliphatic carbocycles. The monoisotopic (exact) mass is 259 g/mol. The molecule has 0 unspecified atom stereocenters. The Morgan fingerprint density at radius 3 is 2.06 bits per heavy atom. The molecule has 0 aromatic heterocycles. The predicted molar refractivity (Wildman–Crippen MR) is 69.3 cm³/mol.